The van der Waals surface area contributed by atoms with Gasteiger partial charge in [-0.15, -0.1) is 0 Å². The molecule has 3 aromatic rings. The van der Waals surface area contributed by atoms with Crippen molar-refractivity contribution in [2.45, 2.75) is 12.1 Å². The molecule has 0 aromatic heterocycles. The summed E-state index contributed by atoms with van der Waals surface area (Å²) in [5, 5.41) is 12.7. The molecule has 31 heavy (non-hydrogen) atoms. The first-order valence-electron chi connectivity index (χ1n) is 9.74. The van der Waals surface area contributed by atoms with Crippen molar-refractivity contribution in [3.05, 3.63) is 101 Å². The second-order valence-electron chi connectivity index (χ2n) is 7.36. The van der Waals surface area contributed by atoms with Crippen molar-refractivity contribution in [1.29, 1.82) is 0 Å². The van der Waals surface area contributed by atoms with Crippen molar-refractivity contribution >= 4 is 28.9 Å². The molecule has 2 heterocycles. The molecule has 0 spiro atoms. The van der Waals surface area contributed by atoms with E-state index >= 15 is 0 Å². The van der Waals surface area contributed by atoms with Gasteiger partial charge in [0.2, 0.25) is 5.91 Å². The fourth-order valence-corrected chi connectivity index (χ4v) is 4.20. The van der Waals surface area contributed by atoms with Gasteiger partial charge in [0.1, 0.15) is 5.92 Å². The molecule has 0 radical (unpaired) electrons. The van der Waals surface area contributed by atoms with E-state index in [2.05, 4.69) is 0 Å². The Kier molecular flexibility index (Phi) is 4.48. The average molecular weight is 415 g/mol. The molecule has 0 bridgehead atoms. The molecule has 0 unspecified atom stereocenters. The van der Waals surface area contributed by atoms with E-state index in [1.807, 2.05) is 36.4 Å². The van der Waals surface area contributed by atoms with Crippen molar-refractivity contribution in [1.82, 2.24) is 0 Å². The zero-order chi connectivity index (χ0) is 21.5. The number of amides is 2. The molecule has 3 aromatic carbocycles. The monoisotopic (exact) mass is 415 g/mol. The number of benzene rings is 3. The number of rotatable bonds is 4. The minimum absolute atomic E-state index is 0.103. The standard InChI is InChI=1S/C23H17N3O5/c27-22-19-20(15-8-3-1-4-9-15)25(17-12-7-13-18(14-17)26(29)30)31-21(19)23(28)24(22)16-10-5-2-6-11-16/h1-14,19-21H/t19-,20-,21-/m0/s1. The first-order valence-corrected chi connectivity index (χ1v) is 9.74. The second kappa shape index (κ2) is 7.33. The van der Waals surface area contributed by atoms with Crippen LogP contribution in [-0.4, -0.2) is 22.8 Å². The molecule has 154 valence electrons. The summed E-state index contributed by atoms with van der Waals surface area (Å²) in [5.41, 5.74) is 1.57. The third-order valence-electron chi connectivity index (χ3n) is 5.57. The molecule has 0 N–H and O–H groups in total. The minimum Gasteiger partial charge on any atom is -0.273 e. The third kappa shape index (κ3) is 3.04. The summed E-state index contributed by atoms with van der Waals surface area (Å²) < 4.78 is 0. The summed E-state index contributed by atoms with van der Waals surface area (Å²) in [6.07, 6.45) is -1.02. The number of hydrogen-bond donors (Lipinski definition) is 0. The Labute approximate surface area is 177 Å². The SMILES string of the molecule is O=C1[C@@H]2[C@H](ON(c3cccc([N+](=O)[O-])c3)[C@H]2c2ccccc2)C(=O)N1c1ccccc1. The average Bonchev–Trinajstić information content (AvgIpc) is 3.31. The number of para-hydroxylation sites is 1. The van der Waals surface area contributed by atoms with E-state index in [4.69, 9.17) is 4.84 Å². The van der Waals surface area contributed by atoms with Crippen molar-refractivity contribution < 1.29 is 19.3 Å². The highest BCUT2D eigenvalue weighted by Crippen LogP contribution is 2.47. The first-order chi connectivity index (χ1) is 15.1. The van der Waals surface area contributed by atoms with Gasteiger partial charge >= 0.3 is 0 Å². The number of nitro groups is 1. The van der Waals surface area contributed by atoms with Crippen LogP contribution in [0.15, 0.2) is 84.9 Å². The molecule has 2 aliphatic heterocycles. The summed E-state index contributed by atoms with van der Waals surface area (Å²) in [5.74, 6) is -1.59. The highest BCUT2D eigenvalue weighted by Gasteiger charge is 2.60. The lowest BCUT2D eigenvalue weighted by atomic mass is 9.90. The number of anilines is 2. The van der Waals surface area contributed by atoms with Gasteiger partial charge < -0.3 is 0 Å². The highest BCUT2D eigenvalue weighted by molar-refractivity contribution is 6.23. The number of carbonyl (C=O) groups is 2. The van der Waals surface area contributed by atoms with Gasteiger partial charge in [-0.25, -0.2) is 9.96 Å². The number of nitrogens with zero attached hydrogens (tertiary/aromatic N) is 3. The summed E-state index contributed by atoms with van der Waals surface area (Å²) in [6.45, 7) is 0. The molecule has 0 saturated carbocycles. The molecule has 0 aliphatic carbocycles. The van der Waals surface area contributed by atoms with Gasteiger partial charge in [0, 0.05) is 12.1 Å². The number of nitro benzene ring substituents is 1. The van der Waals surface area contributed by atoms with Crippen molar-refractivity contribution in [3.8, 4) is 0 Å². The van der Waals surface area contributed by atoms with E-state index in [0.29, 0.717) is 11.4 Å². The van der Waals surface area contributed by atoms with E-state index in [9.17, 15) is 19.7 Å². The zero-order valence-electron chi connectivity index (χ0n) is 16.2. The van der Waals surface area contributed by atoms with Crippen LogP contribution in [-0.2, 0) is 14.4 Å². The van der Waals surface area contributed by atoms with Crippen LogP contribution in [0.5, 0.6) is 0 Å². The number of carbonyl (C=O) groups excluding carboxylic acids is 2. The lowest BCUT2D eigenvalue weighted by Crippen LogP contribution is -2.37. The summed E-state index contributed by atoms with van der Waals surface area (Å²) >= 11 is 0. The summed E-state index contributed by atoms with van der Waals surface area (Å²) in [7, 11) is 0. The Bertz CT molecular complexity index is 1170. The molecular formula is C23H17N3O5. The first kappa shape index (κ1) is 19.0. The summed E-state index contributed by atoms with van der Waals surface area (Å²) in [6, 6.07) is 23.3. The number of imide groups is 1. The normalized spacial score (nSPS) is 22.6. The van der Waals surface area contributed by atoms with Gasteiger partial charge in [0.15, 0.2) is 6.10 Å². The van der Waals surface area contributed by atoms with E-state index in [1.54, 1.807) is 36.4 Å². The van der Waals surface area contributed by atoms with Crippen LogP contribution < -0.4 is 9.96 Å². The maximum atomic E-state index is 13.4. The topological polar surface area (TPSA) is 93.0 Å². The van der Waals surface area contributed by atoms with Crippen molar-refractivity contribution in [3.63, 3.8) is 0 Å². The Balaban J connectivity index is 1.59. The predicted octanol–water partition coefficient (Wildman–Crippen LogP) is 3.65. The van der Waals surface area contributed by atoms with Crippen LogP contribution in [0.4, 0.5) is 17.1 Å². The highest BCUT2D eigenvalue weighted by atomic mass is 16.7. The molecule has 8 nitrogen and oxygen atoms in total. The molecule has 2 aliphatic rings. The van der Waals surface area contributed by atoms with E-state index < -0.39 is 28.9 Å². The third-order valence-corrected chi connectivity index (χ3v) is 5.57. The molecule has 8 heteroatoms. The van der Waals surface area contributed by atoms with Crippen molar-refractivity contribution in [2.24, 2.45) is 5.92 Å². The van der Waals surface area contributed by atoms with Gasteiger partial charge in [0.05, 0.1) is 22.3 Å². The maximum absolute atomic E-state index is 13.4. The van der Waals surface area contributed by atoms with Gasteiger partial charge in [-0.1, -0.05) is 54.6 Å². The summed E-state index contributed by atoms with van der Waals surface area (Å²) in [4.78, 5) is 44.5. The lowest BCUT2D eigenvalue weighted by molar-refractivity contribution is -0.384. The quantitative estimate of drug-likeness (QED) is 0.367. The van der Waals surface area contributed by atoms with Crippen LogP contribution >= 0.6 is 0 Å². The van der Waals surface area contributed by atoms with Gasteiger partial charge in [-0.2, -0.15) is 0 Å². The second-order valence-corrected chi connectivity index (χ2v) is 7.36. The number of non-ortho nitro benzene ring substituents is 1. The zero-order valence-corrected chi connectivity index (χ0v) is 16.2. The van der Waals surface area contributed by atoms with Crippen LogP contribution in [0, 0.1) is 16.0 Å². The van der Waals surface area contributed by atoms with Crippen LogP contribution in [0.2, 0.25) is 0 Å². The molecule has 2 saturated heterocycles. The molecular weight excluding hydrogens is 398 g/mol. The van der Waals surface area contributed by atoms with Gasteiger partial charge in [-0.3, -0.25) is 24.5 Å². The predicted molar refractivity (Wildman–Crippen MR) is 112 cm³/mol. The fourth-order valence-electron chi connectivity index (χ4n) is 4.20. The molecule has 3 atom stereocenters. The molecule has 5 rings (SSSR count). The van der Waals surface area contributed by atoms with Gasteiger partial charge in [-0.05, 0) is 23.8 Å². The van der Waals surface area contributed by atoms with E-state index in [-0.39, 0.29) is 11.6 Å². The molecule has 2 fully saturated rings. The van der Waals surface area contributed by atoms with Crippen molar-refractivity contribution in [2.75, 3.05) is 9.96 Å². The Morgan fingerprint density at radius 1 is 0.806 bits per heavy atom. The Morgan fingerprint density at radius 3 is 2.13 bits per heavy atom. The maximum Gasteiger partial charge on any atom is 0.271 e. The van der Waals surface area contributed by atoms with E-state index in [0.717, 1.165) is 10.5 Å². The van der Waals surface area contributed by atoms with Crippen LogP contribution in [0.1, 0.15) is 11.6 Å². The lowest BCUT2D eigenvalue weighted by Gasteiger charge is -2.28. The smallest absolute Gasteiger partial charge is 0.271 e. The van der Waals surface area contributed by atoms with Crippen LogP contribution in [0.3, 0.4) is 0 Å². The fraction of sp³-hybridized carbons (Fsp3) is 0.130. The Morgan fingerprint density at radius 2 is 1.45 bits per heavy atom. The Hall–Kier alpha value is -4.04. The van der Waals surface area contributed by atoms with Crippen LogP contribution in [0.25, 0.3) is 0 Å². The number of hydroxylamine groups is 1. The van der Waals surface area contributed by atoms with E-state index in [1.165, 1.54) is 17.2 Å². The number of hydrogen-bond acceptors (Lipinski definition) is 6. The van der Waals surface area contributed by atoms with Gasteiger partial charge in [0.25, 0.3) is 11.6 Å². The minimum atomic E-state index is -1.02. The molecule has 2 amide bonds. The number of fused-ring (bicyclic) bond motifs is 1. The largest absolute Gasteiger partial charge is 0.273 e.